The Morgan fingerprint density at radius 1 is 1.10 bits per heavy atom. The lowest BCUT2D eigenvalue weighted by molar-refractivity contribution is 0.0211. The van der Waals surface area contributed by atoms with E-state index in [1.54, 1.807) is 0 Å². The van der Waals surface area contributed by atoms with Gasteiger partial charge in [-0.2, -0.15) is 4.98 Å². The zero-order chi connectivity index (χ0) is 19.9. The van der Waals surface area contributed by atoms with E-state index in [9.17, 15) is 4.79 Å². The minimum absolute atomic E-state index is 0.0129. The fraction of sp³-hybridized carbons (Fsp3) is 0.857. The van der Waals surface area contributed by atoms with E-state index in [4.69, 9.17) is 14.0 Å². The first-order chi connectivity index (χ1) is 14.3. The largest absolute Gasteiger partial charge is 0.381 e. The van der Waals surface area contributed by atoms with Crippen LogP contribution in [0, 0.1) is 5.92 Å². The molecule has 2 saturated heterocycles. The molecule has 1 aromatic heterocycles. The van der Waals surface area contributed by atoms with Crippen LogP contribution in [-0.2, 0) is 15.9 Å². The summed E-state index contributed by atoms with van der Waals surface area (Å²) in [7, 11) is 0. The van der Waals surface area contributed by atoms with Crippen LogP contribution in [0.2, 0.25) is 0 Å². The van der Waals surface area contributed by atoms with Crippen molar-refractivity contribution in [2.24, 2.45) is 5.92 Å². The fourth-order valence-corrected chi connectivity index (χ4v) is 4.60. The highest BCUT2D eigenvalue weighted by molar-refractivity contribution is 5.75. The number of amides is 2. The number of nitrogens with one attached hydrogen (secondary N) is 1. The molecule has 8 heteroatoms. The summed E-state index contributed by atoms with van der Waals surface area (Å²) in [5.74, 6) is 1.81. The quantitative estimate of drug-likeness (QED) is 0.699. The third kappa shape index (κ3) is 5.69. The van der Waals surface area contributed by atoms with Gasteiger partial charge < -0.3 is 24.2 Å². The van der Waals surface area contributed by atoms with Crippen LogP contribution in [-0.4, -0.2) is 60.1 Å². The molecule has 0 aromatic carbocycles. The molecule has 0 spiro atoms. The molecule has 0 bridgehead atoms. The number of carbonyl (C=O) groups excluding carboxylic acids is 1. The van der Waals surface area contributed by atoms with Gasteiger partial charge in [-0.15, -0.1) is 0 Å². The van der Waals surface area contributed by atoms with Crippen molar-refractivity contribution in [1.29, 1.82) is 0 Å². The highest BCUT2D eigenvalue weighted by Crippen LogP contribution is 2.31. The van der Waals surface area contributed by atoms with Crippen LogP contribution in [0.4, 0.5) is 4.79 Å². The SMILES string of the molecule is O=C(NC1CCCCC1)N1CCCC1c1nc(CCOCC2CCOCC2)no1. The number of rotatable bonds is 7. The average molecular weight is 407 g/mol. The molecule has 1 unspecified atom stereocenters. The first kappa shape index (κ1) is 20.6. The molecule has 3 fully saturated rings. The van der Waals surface area contributed by atoms with Gasteiger partial charge in [0, 0.05) is 38.8 Å². The normalized spacial score (nSPS) is 24.1. The number of nitrogens with zero attached hydrogens (tertiary/aromatic N) is 3. The van der Waals surface area contributed by atoms with Crippen LogP contribution in [0.15, 0.2) is 4.52 Å². The number of urea groups is 1. The number of aromatic nitrogens is 2. The van der Waals surface area contributed by atoms with Crippen molar-refractivity contribution in [3.8, 4) is 0 Å². The first-order valence-electron chi connectivity index (χ1n) is 11.3. The van der Waals surface area contributed by atoms with E-state index >= 15 is 0 Å². The summed E-state index contributed by atoms with van der Waals surface area (Å²) < 4.78 is 16.7. The number of carbonyl (C=O) groups is 1. The molecule has 2 aliphatic heterocycles. The Hall–Kier alpha value is -1.67. The van der Waals surface area contributed by atoms with E-state index in [0.717, 1.165) is 64.9 Å². The second-order valence-electron chi connectivity index (χ2n) is 8.57. The van der Waals surface area contributed by atoms with Crippen LogP contribution in [0.5, 0.6) is 0 Å². The summed E-state index contributed by atoms with van der Waals surface area (Å²) in [5, 5.41) is 7.32. The molecule has 1 saturated carbocycles. The van der Waals surface area contributed by atoms with Crippen molar-refractivity contribution in [3.63, 3.8) is 0 Å². The summed E-state index contributed by atoms with van der Waals surface area (Å²) >= 11 is 0. The number of likely N-dealkylation sites (tertiary alicyclic amines) is 1. The summed E-state index contributed by atoms with van der Waals surface area (Å²) in [6.45, 7) is 3.79. The van der Waals surface area contributed by atoms with Gasteiger partial charge in [0.05, 0.1) is 6.61 Å². The van der Waals surface area contributed by atoms with Gasteiger partial charge in [0.1, 0.15) is 6.04 Å². The third-order valence-electron chi connectivity index (χ3n) is 6.38. The highest BCUT2D eigenvalue weighted by atomic mass is 16.5. The summed E-state index contributed by atoms with van der Waals surface area (Å²) in [6.07, 6.45) is 10.5. The van der Waals surface area contributed by atoms with E-state index in [0.29, 0.717) is 36.7 Å². The van der Waals surface area contributed by atoms with Crippen molar-refractivity contribution >= 4 is 6.03 Å². The Bertz CT molecular complexity index is 640. The van der Waals surface area contributed by atoms with E-state index in [2.05, 4.69) is 15.5 Å². The molecule has 29 heavy (non-hydrogen) atoms. The second kappa shape index (κ2) is 10.4. The zero-order valence-electron chi connectivity index (χ0n) is 17.3. The number of hydrogen-bond donors (Lipinski definition) is 1. The standard InChI is InChI=1S/C21H34N4O4/c26-21(22-17-5-2-1-3-6-17)25-11-4-7-18(25)20-23-19(24-29-20)10-14-28-15-16-8-12-27-13-9-16/h16-18H,1-15H2,(H,22,26). The van der Waals surface area contributed by atoms with Gasteiger partial charge in [-0.05, 0) is 44.4 Å². The van der Waals surface area contributed by atoms with Gasteiger partial charge in [-0.25, -0.2) is 4.79 Å². The molecule has 1 N–H and O–H groups in total. The minimum Gasteiger partial charge on any atom is -0.381 e. The maximum absolute atomic E-state index is 12.8. The number of hydrogen-bond acceptors (Lipinski definition) is 6. The lowest BCUT2D eigenvalue weighted by Gasteiger charge is -2.28. The van der Waals surface area contributed by atoms with E-state index in [1.807, 2.05) is 4.90 Å². The van der Waals surface area contributed by atoms with Crippen LogP contribution < -0.4 is 5.32 Å². The van der Waals surface area contributed by atoms with Crippen molar-refractivity contribution in [1.82, 2.24) is 20.4 Å². The molecular formula is C21H34N4O4. The predicted octanol–water partition coefficient (Wildman–Crippen LogP) is 3.23. The molecule has 162 valence electrons. The monoisotopic (exact) mass is 406 g/mol. The molecule has 3 heterocycles. The maximum Gasteiger partial charge on any atom is 0.318 e. The van der Waals surface area contributed by atoms with Gasteiger partial charge in [0.15, 0.2) is 5.82 Å². The summed E-state index contributed by atoms with van der Waals surface area (Å²) in [4.78, 5) is 19.2. The van der Waals surface area contributed by atoms with E-state index in [-0.39, 0.29) is 12.1 Å². The van der Waals surface area contributed by atoms with Crippen molar-refractivity contribution < 1.29 is 18.8 Å². The Morgan fingerprint density at radius 2 is 1.93 bits per heavy atom. The minimum atomic E-state index is -0.108. The van der Waals surface area contributed by atoms with Gasteiger partial charge in [-0.3, -0.25) is 0 Å². The average Bonchev–Trinajstić information content (AvgIpc) is 3.42. The topological polar surface area (TPSA) is 89.7 Å². The van der Waals surface area contributed by atoms with Gasteiger partial charge >= 0.3 is 6.03 Å². The van der Waals surface area contributed by atoms with Crippen molar-refractivity contribution in [2.75, 3.05) is 33.0 Å². The smallest absolute Gasteiger partial charge is 0.318 e. The Labute approximate surface area is 172 Å². The van der Waals surface area contributed by atoms with Gasteiger partial charge in [0.25, 0.3) is 0 Å². The fourth-order valence-electron chi connectivity index (χ4n) is 4.60. The molecule has 2 amide bonds. The summed E-state index contributed by atoms with van der Waals surface area (Å²) in [5.41, 5.74) is 0. The van der Waals surface area contributed by atoms with Crippen LogP contribution in [0.1, 0.15) is 75.5 Å². The van der Waals surface area contributed by atoms with E-state index in [1.165, 1.54) is 19.3 Å². The second-order valence-corrected chi connectivity index (χ2v) is 8.57. The van der Waals surface area contributed by atoms with Crippen molar-refractivity contribution in [3.05, 3.63) is 11.7 Å². The molecule has 3 aliphatic rings. The van der Waals surface area contributed by atoms with E-state index < -0.39 is 0 Å². The lowest BCUT2D eigenvalue weighted by Crippen LogP contribution is -2.45. The molecule has 1 aromatic rings. The number of ether oxygens (including phenoxy) is 2. The molecule has 4 rings (SSSR count). The van der Waals surface area contributed by atoms with Gasteiger partial charge in [0.2, 0.25) is 5.89 Å². The van der Waals surface area contributed by atoms with Crippen LogP contribution in [0.3, 0.4) is 0 Å². The molecule has 8 nitrogen and oxygen atoms in total. The van der Waals surface area contributed by atoms with Crippen LogP contribution in [0.25, 0.3) is 0 Å². The predicted molar refractivity (Wildman–Crippen MR) is 106 cm³/mol. The zero-order valence-corrected chi connectivity index (χ0v) is 17.3. The molecule has 1 atom stereocenters. The highest BCUT2D eigenvalue weighted by Gasteiger charge is 2.35. The molecular weight excluding hydrogens is 372 g/mol. The first-order valence-corrected chi connectivity index (χ1v) is 11.3. The van der Waals surface area contributed by atoms with Gasteiger partial charge in [-0.1, -0.05) is 24.4 Å². The Balaban J connectivity index is 1.23. The van der Waals surface area contributed by atoms with Crippen molar-refractivity contribution in [2.45, 2.75) is 76.3 Å². The Kier molecular flexibility index (Phi) is 7.38. The maximum atomic E-state index is 12.8. The van der Waals surface area contributed by atoms with Crippen LogP contribution >= 0.6 is 0 Å². The molecule has 0 radical (unpaired) electrons. The Morgan fingerprint density at radius 3 is 2.76 bits per heavy atom. The lowest BCUT2D eigenvalue weighted by atomic mass is 9.96. The third-order valence-corrected chi connectivity index (χ3v) is 6.38. The molecule has 1 aliphatic carbocycles. The summed E-state index contributed by atoms with van der Waals surface area (Å²) in [6, 6.07) is 0.213.